The Morgan fingerprint density at radius 3 is 1.72 bits per heavy atom. The molecule has 0 heterocycles. The molecule has 6 unspecified atom stereocenters. The van der Waals surface area contributed by atoms with E-state index in [2.05, 4.69) is 52.2 Å². The predicted octanol–water partition coefficient (Wildman–Crippen LogP) is 7.17. The largest absolute Gasteiger partial charge is 0.497 e. The van der Waals surface area contributed by atoms with Crippen LogP contribution in [-0.4, -0.2) is 25.5 Å². The smallest absolute Gasteiger partial charge is 0.227 e. The normalized spacial score (nSPS) is 28.2. The third-order valence-electron chi connectivity index (χ3n) is 8.43. The van der Waals surface area contributed by atoms with E-state index in [0.29, 0.717) is 35.5 Å². The van der Waals surface area contributed by atoms with Gasteiger partial charge in [-0.05, 0) is 92.4 Å². The second-order valence-corrected chi connectivity index (χ2v) is 12.0. The average molecular weight is 501 g/mol. The lowest BCUT2D eigenvalue weighted by Crippen LogP contribution is -2.40. The highest BCUT2D eigenvalue weighted by Gasteiger charge is 2.36. The molecular weight excluding hydrogens is 448 g/mol. The molecule has 2 aliphatic rings. The van der Waals surface area contributed by atoms with Crippen molar-refractivity contribution in [3.63, 3.8) is 0 Å². The van der Waals surface area contributed by atoms with E-state index in [1.807, 2.05) is 31.2 Å². The standard InChI is InChI=1S/C18H27NO2.C13H25NO/c1-12(2)16-10-5-13(3)11-17(16)18(20)19-14-6-8-15(21-4)9-7-14;1-5-14-13(15)12-8-10(4)6-7-11(12)9(2)3/h6-9,12-13,16-17H,5,10-11H2,1-4H3,(H,19,20);9-12H,5-8H2,1-4H3,(H,14,15). The molecule has 3 rings (SSSR count). The first kappa shape index (κ1) is 30.2. The minimum Gasteiger partial charge on any atom is -0.497 e. The Kier molecular flexibility index (Phi) is 12.3. The van der Waals surface area contributed by atoms with Crippen LogP contribution in [0.15, 0.2) is 24.3 Å². The molecule has 2 aliphatic carbocycles. The zero-order valence-electron chi connectivity index (χ0n) is 24.1. The van der Waals surface area contributed by atoms with E-state index in [1.165, 1.54) is 25.7 Å². The summed E-state index contributed by atoms with van der Waals surface area (Å²) in [6.07, 6.45) is 7.01. The fourth-order valence-corrected chi connectivity index (χ4v) is 6.22. The fraction of sp³-hybridized carbons (Fsp3) is 0.742. The highest BCUT2D eigenvalue weighted by atomic mass is 16.5. The minimum absolute atomic E-state index is 0.135. The Morgan fingerprint density at radius 1 is 0.833 bits per heavy atom. The van der Waals surface area contributed by atoms with Gasteiger partial charge in [0.05, 0.1) is 7.11 Å². The first-order valence-corrected chi connectivity index (χ1v) is 14.3. The molecule has 0 aliphatic heterocycles. The van der Waals surface area contributed by atoms with E-state index in [9.17, 15) is 9.59 Å². The maximum absolute atomic E-state index is 12.6. The molecular formula is C31H52N2O3. The zero-order chi connectivity index (χ0) is 26.8. The zero-order valence-corrected chi connectivity index (χ0v) is 24.1. The number of methoxy groups -OCH3 is 1. The number of rotatable bonds is 7. The van der Waals surface area contributed by atoms with Crippen molar-refractivity contribution in [3.8, 4) is 5.75 Å². The summed E-state index contributed by atoms with van der Waals surface area (Å²) in [7, 11) is 1.64. The molecule has 36 heavy (non-hydrogen) atoms. The van der Waals surface area contributed by atoms with Crippen molar-refractivity contribution in [1.29, 1.82) is 0 Å². The first-order valence-electron chi connectivity index (χ1n) is 14.3. The highest BCUT2D eigenvalue weighted by molar-refractivity contribution is 5.92. The number of nitrogens with one attached hydrogen (secondary N) is 2. The van der Waals surface area contributed by atoms with Crippen molar-refractivity contribution in [2.45, 2.75) is 87.0 Å². The van der Waals surface area contributed by atoms with Crippen molar-refractivity contribution in [1.82, 2.24) is 5.32 Å². The van der Waals surface area contributed by atoms with Crippen LogP contribution < -0.4 is 15.4 Å². The van der Waals surface area contributed by atoms with E-state index < -0.39 is 0 Å². The molecule has 2 saturated carbocycles. The summed E-state index contributed by atoms with van der Waals surface area (Å²) in [4.78, 5) is 24.6. The topological polar surface area (TPSA) is 67.4 Å². The summed E-state index contributed by atoms with van der Waals surface area (Å²) in [5.74, 6) is 5.29. The number of carbonyl (C=O) groups is 2. The maximum Gasteiger partial charge on any atom is 0.227 e. The minimum atomic E-state index is 0.135. The van der Waals surface area contributed by atoms with Crippen LogP contribution in [0.5, 0.6) is 5.75 Å². The van der Waals surface area contributed by atoms with E-state index in [1.54, 1.807) is 7.11 Å². The van der Waals surface area contributed by atoms with Crippen LogP contribution in [0, 0.1) is 47.3 Å². The number of amides is 2. The number of hydrogen-bond donors (Lipinski definition) is 2. The molecule has 0 radical (unpaired) electrons. The van der Waals surface area contributed by atoms with Crippen molar-refractivity contribution in [2.75, 3.05) is 19.0 Å². The van der Waals surface area contributed by atoms with Gasteiger partial charge < -0.3 is 15.4 Å². The summed E-state index contributed by atoms with van der Waals surface area (Å²) < 4.78 is 5.14. The highest BCUT2D eigenvalue weighted by Crippen LogP contribution is 2.39. The van der Waals surface area contributed by atoms with Crippen LogP contribution in [0.1, 0.15) is 87.0 Å². The second-order valence-electron chi connectivity index (χ2n) is 12.0. The average Bonchev–Trinajstić information content (AvgIpc) is 2.84. The molecule has 5 heteroatoms. The van der Waals surface area contributed by atoms with Gasteiger partial charge in [0, 0.05) is 24.1 Å². The third-order valence-corrected chi connectivity index (χ3v) is 8.43. The van der Waals surface area contributed by atoms with Gasteiger partial charge in [-0.15, -0.1) is 0 Å². The summed E-state index contributed by atoms with van der Waals surface area (Å²) in [5, 5.41) is 6.06. The van der Waals surface area contributed by atoms with Gasteiger partial charge in [-0.1, -0.05) is 54.4 Å². The molecule has 2 amide bonds. The van der Waals surface area contributed by atoms with Crippen LogP contribution in [0.4, 0.5) is 5.69 Å². The number of anilines is 1. The number of carbonyl (C=O) groups excluding carboxylic acids is 2. The van der Waals surface area contributed by atoms with Crippen molar-refractivity contribution >= 4 is 17.5 Å². The summed E-state index contributed by atoms with van der Waals surface area (Å²) in [5.41, 5.74) is 0.849. The number of hydrogen-bond acceptors (Lipinski definition) is 3. The molecule has 0 bridgehead atoms. The fourth-order valence-electron chi connectivity index (χ4n) is 6.22. The molecule has 0 spiro atoms. The van der Waals surface area contributed by atoms with Crippen LogP contribution in [-0.2, 0) is 9.59 Å². The SMILES string of the molecule is CCNC(=O)C1CC(C)CCC1C(C)C.COc1ccc(NC(=O)C2CC(C)CCC2C(C)C)cc1. The Hall–Kier alpha value is -2.04. The monoisotopic (exact) mass is 500 g/mol. The maximum atomic E-state index is 12.6. The lowest BCUT2D eigenvalue weighted by atomic mass is 9.70. The molecule has 2 N–H and O–H groups in total. The van der Waals surface area contributed by atoms with E-state index in [0.717, 1.165) is 30.8 Å². The van der Waals surface area contributed by atoms with Gasteiger partial charge in [0.25, 0.3) is 0 Å². The van der Waals surface area contributed by atoms with Gasteiger partial charge in [-0.25, -0.2) is 0 Å². The van der Waals surface area contributed by atoms with E-state index in [4.69, 9.17) is 4.74 Å². The van der Waals surface area contributed by atoms with E-state index >= 15 is 0 Å². The molecule has 2 fully saturated rings. The van der Waals surface area contributed by atoms with Gasteiger partial charge in [0.1, 0.15) is 5.75 Å². The molecule has 204 valence electrons. The quantitative estimate of drug-likeness (QED) is 0.417. The summed E-state index contributed by atoms with van der Waals surface area (Å²) >= 11 is 0. The van der Waals surface area contributed by atoms with E-state index in [-0.39, 0.29) is 23.7 Å². The van der Waals surface area contributed by atoms with Crippen LogP contribution >= 0.6 is 0 Å². The van der Waals surface area contributed by atoms with Crippen molar-refractivity contribution in [3.05, 3.63) is 24.3 Å². The molecule has 1 aromatic rings. The van der Waals surface area contributed by atoms with Gasteiger partial charge >= 0.3 is 0 Å². The first-order chi connectivity index (χ1) is 17.1. The Bertz CT molecular complexity index is 805. The second kappa shape index (κ2) is 14.6. The molecule has 1 aromatic carbocycles. The van der Waals surface area contributed by atoms with Gasteiger partial charge in [0.2, 0.25) is 11.8 Å². The Labute approximate surface area is 220 Å². The van der Waals surface area contributed by atoms with Crippen LogP contribution in [0.25, 0.3) is 0 Å². The number of benzene rings is 1. The number of ether oxygens (including phenoxy) is 1. The predicted molar refractivity (Wildman–Crippen MR) is 150 cm³/mol. The third kappa shape index (κ3) is 8.81. The Morgan fingerprint density at radius 2 is 1.31 bits per heavy atom. The van der Waals surface area contributed by atoms with Gasteiger partial charge in [-0.3, -0.25) is 9.59 Å². The summed E-state index contributed by atoms with van der Waals surface area (Å²) in [6.45, 7) is 16.2. The summed E-state index contributed by atoms with van der Waals surface area (Å²) in [6, 6.07) is 7.54. The van der Waals surface area contributed by atoms with Crippen LogP contribution in [0.2, 0.25) is 0 Å². The lowest BCUT2D eigenvalue weighted by Gasteiger charge is -2.36. The Balaban J connectivity index is 0.000000269. The van der Waals surface area contributed by atoms with Crippen LogP contribution in [0.3, 0.4) is 0 Å². The van der Waals surface area contributed by atoms with Crippen molar-refractivity contribution < 1.29 is 14.3 Å². The lowest BCUT2D eigenvalue weighted by molar-refractivity contribution is -0.129. The molecule has 0 aromatic heterocycles. The van der Waals surface area contributed by atoms with Gasteiger partial charge in [0.15, 0.2) is 0 Å². The molecule has 5 nitrogen and oxygen atoms in total. The molecule has 0 saturated heterocycles. The van der Waals surface area contributed by atoms with Crippen molar-refractivity contribution in [2.24, 2.45) is 47.3 Å². The molecule has 6 atom stereocenters. The van der Waals surface area contributed by atoms with Gasteiger partial charge in [-0.2, -0.15) is 0 Å².